The van der Waals surface area contributed by atoms with Gasteiger partial charge in [-0.3, -0.25) is 9.69 Å². The van der Waals surface area contributed by atoms with E-state index in [2.05, 4.69) is 5.32 Å². The molecule has 0 atom stereocenters. The van der Waals surface area contributed by atoms with E-state index >= 15 is 0 Å². The third-order valence-electron chi connectivity index (χ3n) is 4.35. The predicted octanol–water partition coefficient (Wildman–Crippen LogP) is 4.53. The summed E-state index contributed by atoms with van der Waals surface area (Å²) in [5, 5.41) is 3.38. The summed E-state index contributed by atoms with van der Waals surface area (Å²) in [4.78, 5) is 14.4. The molecule has 0 aliphatic carbocycles. The van der Waals surface area contributed by atoms with Gasteiger partial charge in [-0.1, -0.05) is 66.7 Å². The molecule has 0 spiro atoms. The summed E-state index contributed by atoms with van der Waals surface area (Å²) in [5.41, 5.74) is 3.05. The zero-order valence-corrected chi connectivity index (χ0v) is 15.9. The number of amides is 1. The Bertz CT molecular complexity index is 1030. The molecular formula is C23H18N2O2S. The maximum atomic E-state index is 12.9. The Kier molecular flexibility index (Phi) is 5.17. The number of anilines is 1. The van der Waals surface area contributed by atoms with E-state index in [1.165, 1.54) is 4.90 Å². The molecule has 1 aliphatic heterocycles. The van der Waals surface area contributed by atoms with Crippen molar-refractivity contribution in [2.75, 3.05) is 4.90 Å². The summed E-state index contributed by atoms with van der Waals surface area (Å²) < 4.78 is 5.98. The van der Waals surface area contributed by atoms with Gasteiger partial charge in [0.05, 0.1) is 5.69 Å². The largest absolute Gasteiger partial charge is 0.488 e. The highest BCUT2D eigenvalue weighted by atomic mass is 32.1. The molecule has 0 aromatic heterocycles. The number of benzene rings is 3. The van der Waals surface area contributed by atoms with Gasteiger partial charge in [0.1, 0.15) is 18.1 Å². The number of carbonyl (C=O) groups excluding carboxylic acids is 1. The lowest BCUT2D eigenvalue weighted by molar-refractivity contribution is -0.113. The maximum absolute atomic E-state index is 12.9. The molecule has 0 saturated carbocycles. The van der Waals surface area contributed by atoms with Crippen molar-refractivity contribution in [3.63, 3.8) is 0 Å². The first-order valence-electron chi connectivity index (χ1n) is 8.90. The number of ether oxygens (including phenoxy) is 1. The number of carbonyl (C=O) groups is 1. The molecule has 138 valence electrons. The van der Waals surface area contributed by atoms with Gasteiger partial charge in [0.15, 0.2) is 5.11 Å². The zero-order valence-electron chi connectivity index (χ0n) is 15.0. The molecule has 3 aromatic carbocycles. The van der Waals surface area contributed by atoms with Crippen LogP contribution < -0.4 is 15.0 Å². The first-order valence-corrected chi connectivity index (χ1v) is 9.31. The van der Waals surface area contributed by atoms with Crippen molar-refractivity contribution in [2.45, 2.75) is 6.61 Å². The number of para-hydroxylation sites is 2. The number of hydrogen-bond acceptors (Lipinski definition) is 3. The third-order valence-corrected chi connectivity index (χ3v) is 4.63. The van der Waals surface area contributed by atoms with Crippen LogP contribution in [0.15, 0.2) is 90.6 Å². The monoisotopic (exact) mass is 386 g/mol. The van der Waals surface area contributed by atoms with Crippen molar-refractivity contribution in [3.05, 3.63) is 102 Å². The topological polar surface area (TPSA) is 41.6 Å². The van der Waals surface area contributed by atoms with E-state index in [0.717, 1.165) is 16.8 Å². The van der Waals surface area contributed by atoms with E-state index in [4.69, 9.17) is 17.0 Å². The molecule has 4 nitrogen and oxygen atoms in total. The van der Waals surface area contributed by atoms with Gasteiger partial charge in [0.2, 0.25) is 0 Å². The first-order chi connectivity index (χ1) is 13.7. The molecule has 0 bridgehead atoms. The highest BCUT2D eigenvalue weighted by molar-refractivity contribution is 7.80. The van der Waals surface area contributed by atoms with Crippen LogP contribution in [0.2, 0.25) is 0 Å². The van der Waals surface area contributed by atoms with Crippen LogP contribution in [-0.4, -0.2) is 11.0 Å². The Balaban J connectivity index is 1.58. The minimum Gasteiger partial charge on any atom is -0.488 e. The Morgan fingerprint density at radius 2 is 1.54 bits per heavy atom. The molecule has 1 aliphatic rings. The van der Waals surface area contributed by atoms with Gasteiger partial charge in [-0.15, -0.1) is 0 Å². The second-order valence-electron chi connectivity index (χ2n) is 6.28. The molecule has 1 amide bonds. The number of nitrogens with one attached hydrogen (secondary N) is 1. The highest BCUT2D eigenvalue weighted by Crippen LogP contribution is 2.26. The van der Waals surface area contributed by atoms with Crippen LogP contribution in [0.5, 0.6) is 5.75 Å². The van der Waals surface area contributed by atoms with Crippen molar-refractivity contribution >= 4 is 35.0 Å². The summed E-state index contributed by atoms with van der Waals surface area (Å²) in [6.07, 6.45) is 1.78. The minimum absolute atomic E-state index is 0.186. The van der Waals surface area contributed by atoms with Gasteiger partial charge in [0, 0.05) is 5.56 Å². The lowest BCUT2D eigenvalue weighted by Crippen LogP contribution is -2.30. The average molecular weight is 386 g/mol. The molecule has 0 unspecified atom stereocenters. The lowest BCUT2D eigenvalue weighted by atomic mass is 10.1. The fraction of sp³-hybridized carbons (Fsp3) is 0.0435. The van der Waals surface area contributed by atoms with Crippen LogP contribution in [0.1, 0.15) is 11.1 Å². The van der Waals surface area contributed by atoms with E-state index < -0.39 is 0 Å². The zero-order chi connectivity index (χ0) is 19.3. The first kappa shape index (κ1) is 17.9. The van der Waals surface area contributed by atoms with Crippen molar-refractivity contribution in [3.8, 4) is 5.75 Å². The van der Waals surface area contributed by atoms with Gasteiger partial charge in [-0.05, 0) is 42.1 Å². The molecule has 1 saturated heterocycles. The van der Waals surface area contributed by atoms with Crippen LogP contribution in [-0.2, 0) is 11.4 Å². The van der Waals surface area contributed by atoms with E-state index in [9.17, 15) is 4.79 Å². The Labute approximate surface area is 169 Å². The van der Waals surface area contributed by atoms with Gasteiger partial charge in [-0.2, -0.15) is 0 Å². The van der Waals surface area contributed by atoms with Crippen LogP contribution in [0.4, 0.5) is 5.69 Å². The number of thiocarbonyl (C=S) groups is 1. The lowest BCUT2D eigenvalue weighted by Gasteiger charge is -2.13. The SMILES string of the molecule is O=C1/C(=C/c2ccccc2OCc2ccccc2)NC(=S)N1c1ccccc1. The molecule has 4 rings (SSSR count). The third kappa shape index (κ3) is 3.80. The van der Waals surface area contributed by atoms with Crippen LogP contribution in [0.25, 0.3) is 6.08 Å². The van der Waals surface area contributed by atoms with Gasteiger partial charge in [-0.25, -0.2) is 0 Å². The fourth-order valence-corrected chi connectivity index (χ4v) is 3.27. The van der Waals surface area contributed by atoms with Crippen molar-refractivity contribution in [2.24, 2.45) is 0 Å². The van der Waals surface area contributed by atoms with Gasteiger partial charge < -0.3 is 10.1 Å². The summed E-state index contributed by atoms with van der Waals surface area (Å²) in [5.74, 6) is 0.520. The van der Waals surface area contributed by atoms with E-state index in [1.54, 1.807) is 6.08 Å². The average Bonchev–Trinajstić information content (AvgIpc) is 3.02. The van der Waals surface area contributed by atoms with Crippen molar-refractivity contribution < 1.29 is 9.53 Å². The summed E-state index contributed by atoms with van der Waals surface area (Å²) in [7, 11) is 0. The molecule has 5 heteroatoms. The van der Waals surface area contributed by atoms with Crippen LogP contribution in [0.3, 0.4) is 0 Å². The van der Waals surface area contributed by atoms with Gasteiger partial charge >= 0.3 is 0 Å². The standard InChI is InChI=1S/C23H18N2O2S/c26-22-20(24-23(28)25(22)19-12-5-2-6-13-19)15-18-11-7-8-14-21(18)27-16-17-9-3-1-4-10-17/h1-15H,16H2,(H,24,28)/b20-15-. The Hall–Kier alpha value is -3.44. The van der Waals surface area contributed by atoms with Gasteiger partial charge in [0.25, 0.3) is 5.91 Å². The number of hydrogen-bond donors (Lipinski definition) is 1. The summed E-state index contributed by atoms with van der Waals surface area (Å²) in [6, 6.07) is 26.9. The fourth-order valence-electron chi connectivity index (χ4n) is 2.97. The van der Waals surface area contributed by atoms with E-state index in [-0.39, 0.29) is 5.91 Å². The smallest absolute Gasteiger partial charge is 0.281 e. The molecule has 1 N–H and O–H groups in total. The quantitative estimate of drug-likeness (QED) is 0.517. The maximum Gasteiger partial charge on any atom is 0.281 e. The highest BCUT2D eigenvalue weighted by Gasteiger charge is 2.31. The molecule has 28 heavy (non-hydrogen) atoms. The Morgan fingerprint density at radius 1 is 0.893 bits per heavy atom. The Morgan fingerprint density at radius 3 is 2.29 bits per heavy atom. The second-order valence-corrected chi connectivity index (χ2v) is 6.66. The number of nitrogens with zero attached hydrogens (tertiary/aromatic N) is 1. The molecule has 1 fully saturated rings. The predicted molar refractivity (Wildman–Crippen MR) is 115 cm³/mol. The normalized spacial score (nSPS) is 15.0. The van der Waals surface area contributed by atoms with E-state index in [1.807, 2.05) is 84.9 Å². The van der Waals surface area contributed by atoms with Crippen molar-refractivity contribution in [1.82, 2.24) is 5.32 Å². The van der Waals surface area contributed by atoms with Crippen LogP contribution in [0, 0.1) is 0 Å². The molecule has 0 radical (unpaired) electrons. The molecule has 3 aromatic rings. The molecule has 1 heterocycles. The van der Waals surface area contributed by atoms with E-state index in [0.29, 0.717) is 23.2 Å². The summed E-state index contributed by atoms with van der Waals surface area (Å²) >= 11 is 5.36. The minimum atomic E-state index is -0.186. The summed E-state index contributed by atoms with van der Waals surface area (Å²) in [6.45, 7) is 0.455. The number of rotatable bonds is 5. The van der Waals surface area contributed by atoms with Crippen LogP contribution >= 0.6 is 12.2 Å². The second kappa shape index (κ2) is 8.06. The van der Waals surface area contributed by atoms with Crippen molar-refractivity contribution in [1.29, 1.82) is 0 Å². The molecular weight excluding hydrogens is 368 g/mol.